The maximum absolute atomic E-state index is 12.0. The van der Waals surface area contributed by atoms with Crippen molar-refractivity contribution in [1.82, 2.24) is 0 Å². The van der Waals surface area contributed by atoms with Gasteiger partial charge in [-0.2, -0.15) is 0 Å². The van der Waals surface area contributed by atoms with E-state index in [0.29, 0.717) is 19.0 Å². The molecular weight excluding hydrogens is 248 g/mol. The molecule has 1 aliphatic heterocycles. The first-order valence-corrected chi connectivity index (χ1v) is 7.75. The van der Waals surface area contributed by atoms with E-state index in [0.717, 1.165) is 12.2 Å². The Hall–Kier alpha value is -0.0700. The minimum atomic E-state index is -1.21. The molecule has 1 rings (SSSR count). The van der Waals surface area contributed by atoms with Gasteiger partial charge in [0.2, 0.25) is 4.08 Å². The van der Waals surface area contributed by atoms with Gasteiger partial charge < -0.3 is 9.47 Å². The zero-order valence-electron chi connectivity index (χ0n) is 9.69. The van der Waals surface area contributed by atoms with Crippen molar-refractivity contribution in [2.45, 2.75) is 24.3 Å². The summed E-state index contributed by atoms with van der Waals surface area (Å²) in [6, 6.07) is 0. The van der Waals surface area contributed by atoms with Gasteiger partial charge in [-0.05, 0) is 26.0 Å². The first-order valence-electron chi connectivity index (χ1n) is 5.44. The van der Waals surface area contributed by atoms with Crippen LogP contribution in [0.3, 0.4) is 0 Å². The molecule has 0 saturated carbocycles. The minimum Gasteiger partial charge on any atom is -0.464 e. The molecule has 0 aromatic heterocycles. The highest BCUT2D eigenvalue weighted by atomic mass is 32.2. The molecule has 6 heteroatoms. The third-order valence-corrected chi connectivity index (χ3v) is 6.09. The first kappa shape index (κ1) is 14.0. The second-order valence-corrected chi connectivity index (χ2v) is 6.81. The molecule has 0 N–H and O–H groups in total. The zero-order valence-corrected chi connectivity index (χ0v) is 11.3. The molecule has 1 heterocycles. The monoisotopic (exact) mass is 266 g/mol. The first-order chi connectivity index (χ1) is 7.67. The molecule has 0 spiro atoms. The van der Waals surface area contributed by atoms with Crippen molar-refractivity contribution in [3.63, 3.8) is 0 Å². The molecular formula is C10H18O4S2. The molecule has 1 fully saturated rings. The predicted octanol–water partition coefficient (Wildman–Crippen LogP) is 1.17. The number of esters is 1. The van der Waals surface area contributed by atoms with Crippen LogP contribution in [0, 0.1) is 0 Å². The Bertz CT molecular complexity index is 270. The normalized spacial score (nSPS) is 30.0. The van der Waals surface area contributed by atoms with E-state index in [1.165, 1.54) is 11.8 Å². The quantitative estimate of drug-likeness (QED) is 0.699. The second-order valence-electron chi connectivity index (χ2n) is 3.36. The summed E-state index contributed by atoms with van der Waals surface area (Å²) in [4.78, 5) is 11.9. The van der Waals surface area contributed by atoms with Crippen LogP contribution < -0.4 is 0 Å². The summed E-state index contributed by atoms with van der Waals surface area (Å²) in [5.41, 5.74) is 0. The lowest BCUT2D eigenvalue weighted by Crippen LogP contribution is -2.48. The molecule has 0 amide bonds. The highest BCUT2D eigenvalue weighted by Crippen LogP contribution is 2.36. The third kappa shape index (κ3) is 2.99. The van der Waals surface area contributed by atoms with Crippen LogP contribution in [0.2, 0.25) is 0 Å². The molecule has 1 aliphatic rings. The third-order valence-electron chi connectivity index (χ3n) is 2.26. The van der Waals surface area contributed by atoms with Crippen LogP contribution in [0.25, 0.3) is 0 Å². The van der Waals surface area contributed by atoms with E-state index in [2.05, 4.69) is 0 Å². The van der Waals surface area contributed by atoms with Gasteiger partial charge in [0, 0.05) is 12.4 Å². The summed E-state index contributed by atoms with van der Waals surface area (Å²) in [5, 5.41) is 0. The van der Waals surface area contributed by atoms with Crippen molar-refractivity contribution in [2.24, 2.45) is 0 Å². The molecule has 2 atom stereocenters. The summed E-state index contributed by atoms with van der Waals surface area (Å²) in [6.45, 7) is 4.61. The molecule has 0 aromatic rings. The second kappa shape index (κ2) is 6.61. The fourth-order valence-corrected chi connectivity index (χ4v) is 4.82. The summed E-state index contributed by atoms with van der Waals surface area (Å²) < 4.78 is 21.4. The average Bonchev–Trinajstić information content (AvgIpc) is 2.28. The van der Waals surface area contributed by atoms with Crippen molar-refractivity contribution in [3.05, 3.63) is 0 Å². The lowest BCUT2D eigenvalue weighted by Gasteiger charge is -2.32. The van der Waals surface area contributed by atoms with Gasteiger partial charge in [-0.15, -0.1) is 11.8 Å². The fourth-order valence-electron chi connectivity index (χ4n) is 1.45. The van der Waals surface area contributed by atoms with Crippen LogP contribution in [0.4, 0.5) is 0 Å². The Kier molecular flexibility index (Phi) is 5.78. The highest BCUT2D eigenvalue weighted by Gasteiger charge is 2.48. The predicted molar refractivity (Wildman–Crippen MR) is 65.9 cm³/mol. The smallest absolute Gasteiger partial charge is 0.337 e. The van der Waals surface area contributed by atoms with Crippen molar-refractivity contribution < 1.29 is 18.5 Å². The molecule has 0 aliphatic carbocycles. The maximum Gasteiger partial charge on any atom is 0.337 e. The van der Waals surface area contributed by atoms with E-state index < -0.39 is 20.8 Å². The molecule has 0 bridgehead atoms. The van der Waals surface area contributed by atoms with E-state index >= 15 is 0 Å². The standard InChI is InChI=1S/C10H18O4S2/c1-3-13-8-10(9(11)14-4-2)15-6-5-7-16(10)12/h3-8H2,1-2H3. The molecule has 0 radical (unpaired) electrons. The van der Waals surface area contributed by atoms with Crippen LogP contribution >= 0.6 is 11.8 Å². The minimum absolute atomic E-state index is 0.180. The van der Waals surface area contributed by atoms with Gasteiger partial charge in [-0.25, -0.2) is 4.79 Å². The topological polar surface area (TPSA) is 52.6 Å². The van der Waals surface area contributed by atoms with Crippen LogP contribution in [0.5, 0.6) is 0 Å². The Balaban J connectivity index is 2.81. The van der Waals surface area contributed by atoms with Crippen molar-refractivity contribution >= 4 is 28.5 Å². The van der Waals surface area contributed by atoms with E-state index in [-0.39, 0.29) is 6.61 Å². The maximum atomic E-state index is 12.0. The van der Waals surface area contributed by atoms with Gasteiger partial charge in [0.05, 0.1) is 24.0 Å². The van der Waals surface area contributed by atoms with E-state index in [9.17, 15) is 9.00 Å². The summed E-state index contributed by atoms with van der Waals surface area (Å²) >= 11 is 1.41. The van der Waals surface area contributed by atoms with Crippen molar-refractivity contribution in [2.75, 3.05) is 31.3 Å². The van der Waals surface area contributed by atoms with Gasteiger partial charge in [0.25, 0.3) is 0 Å². The number of carbonyl (C=O) groups excluding carboxylic acids is 1. The van der Waals surface area contributed by atoms with Gasteiger partial charge in [0.1, 0.15) is 0 Å². The van der Waals surface area contributed by atoms with Crippen LogP contribution in [-0.4, -0.2) is 45.6 Å². The van der Waals surface area contributed by atoms with E-state index in [4.69, 9.17) is 9.47 Å². The molecule has 16 heavy (non-hydrogen) atoms. The molecule has 2 unspecified atom stereocenters. The van der Waals surface area contributed by atoms with Crippen LogP contribution in [0.15, 0.2) is 0 Å². The Morgan fingerprint density at radius 2 is 2.19 bits per heavy atom. The van der Waals surface area contributed by atoms with Gasteiger partial charge in [-0.1, -0.05) is 0 Å². The summed E-state index contributed by atoms with van der Waals surface area (Å²) in [6.07, 6.45) is 0.880. The van der Waals surface area contributed by atoms with E-state index in [1.54, 1.807) is 6.92 Å². The van der Waals surface area contributed by atoms with Gasteiger partial charge >= 0.3 is 5.97 Å². The Labute approximate surface area is 103 Å². The summed E-state index contributed by atoms with van der Waals surface area (Å²) in [7, 11) is -1.21. The lowest BCUT2D eigenvalue weighted by molar-refractivity contribution is -0.144. The van der Waals surface area contributed by atoms with Gasteiger partial charge in [0.15, 0.2) is 0 Å². The van der Waals surface area contributed by atoms with E-state index in [1.807, 2.05) is 6.92 Å². The van der Waals surface area contributed by atoms with Gasteiger partial charge in [-0.3, -0.25) is 4.21 Å². The Morgan fingerprint density at radius 1 is 1.44 bits per heavy atom. The Morgan fingerprint density at radius 3 is 2.75 bits per heavy atom. The number of carbonyl (C=O) groups is 1. The van der Waals surface area contributed by atoms with Crippen molar-refractivity contribution in [1.29, 1.82) is 0 Å². The molecule has 0 aromatic carbocycles. The SMILES string of the molecule is CCOCC1(C(=O)OCC)SCCCS1=O. The number of ether oxygens (including phenoxy) is 2. The number of hydrogen-bond donors (Lipinski definition) is 0. The summed E-state index contributed by atoms with van der Waals surface area (Å²) in [5.74, 6) is 0.989. The number of rotatable bonds is 5. The zero-order chi connectivity index (χ0) is 12.0. The largest absolute Gasteiger partial charge is 0.464 e. The van der Waals surface area contributed by atoms with Crippen molar-refractivity contribution in [3.8, 4) is 0 Å². The van der Waals surface area contributed by atoms with Crippen LogP contribution in [-0.2, 0) is 25.1 Å². The molecule has 4 nitrogen and oxygen atoms in total. The number of thioether (sulfide) groups is 1. The fraction of sp³-hybridized carbons (Fsp3) is 0.900. The highest BCUT2D eigenvalue weighted by molar-refractivity contribution is 8.14. The van der Waals surface area contributed by atoms with Crippen LogP contribution in [0.1, 0.15) is 20.3 Å². The number of hydrogen-bond acceptors (Lipinski definition) is 5. The molecule has 1 saturated heterocycles. The molecule has 94 valence electrons. The lowest BCUT2D eigenvalue weighted by atomic mass is 10.4. The average molecular weight is 266 g/mol.